The molecule has 3 heterocycles. The normalized spacial score (nSPS) is 31.4. The number of halogens is 1. The van der Waals surface area contributed by atoms with Gasteiger partial charge in [0.2, 0.25) is 17.7 Å². The molecule has 3 saturated heterocycles. The Morgan fingerprint density at radius 2 is 1.82 bits per heavy atom. The highest BCUT2D eigenvalue weighted by molar-refractivity contribution is 8.02. The molecule has 7 nitrogen and oxygen atoms in total. The summed E-state index contributed by atoms with van der Waals surface area (Å²) in [5, 5.41) is 15.9. The van der Waals surface area contributed by atoms with Crippen LogP contribution < -0.4 is 10.6 Å². The number of likely N-dealkylation sites (tertiary alicyclic amines) is 1. The number of anilines is 2. The summed E-state index contributed by atoms with van der Waals surface area (Å²) in [7, 11) is 0. The van der Waals surface area contributed by atoms with Crippen molar-refractivity contribution in [2.45, 2.75) is 29.4 Å². The fourth-order valence-corrected chi connectivity index (χ4v) is 8.58. The van der Waals surface area contributed by atoms with Gasteiger partial charge < -0.3 is 20.6 Å². The highest BCUT2D eigenvalue weighted by Gasteiger charge is 2.75. The van der Waals surface area contributed by atoms with Gasteiger partial charge >= 0.3 is 0 Å². The zero-order valence-electron chi connectivity index (χ0n) is 18.6. The summed E-state index contributed by atoms with van der Waals surface area (Å²) in [5.41, 5.74) is 1.14. The van der Waals surface area contributed by atoms with E-state index in [1.54, 1.807) is 36.0 Å². The predicted molar refractivity (Wildman–Crippen MR) is 133 cm³/mol. The van der Waals surface area contributed by atoms with Crippen LogP contribution in [-0.4, -0.2) is 56.9 Å². The van der Waals surface area contributed by atoms with Crippen molar-refractivity contribution < 1.29 is 19.5 Å². The van der Waals surface area contributed by atoms with Crippen LogP contribution in [0.3, 0.4) is 0 Å². The molecule has 0 aliphatic carbocycles. The average Bonchev–Trinajstić information content (AvgIpc) is 3.40. The number of carbonyl (C=O) groups excluding carboxylic acids is 3. The van der Waals surface area contributed by atoms with E-state index in [1.165, 1.54) is 4.90 Å². The van der Waals surface area contributed by atoms with Gasteiger partial charge in [0.1, 0.15) is 6.04 Å². The maximum atomic E-state index is 13.7. The molecule has 5 rings (SSSR count). The van der Waals surface area contributed by atoms with E-state index in [4.69, 9.17) is 11.6 Å². The maximum absolute atomic E-state index is 13.7. The molecule has 0 aromatic heterocycles. The number of aliphatic hydroxyl groups excluding tert-OH is 1. The number of amides is 3. The molecule has 9 heteroatoms. The van der Waals surface area contributed by atoms with Crippen molar-refractivity contribution in [3.8, 4) is 0 Å². The number of nitrogens with one attached hydrogen (secondary N) is 2. The Kier molecular flexibility index (Phi) is 6.08. The predicted octanol–water partition coefficient (Wildman–Crippen LogP) is 3.25. The fraction of sp³-hybridized carbons (Fsp3) is 0.400. The molecule has 3 N–H and O–H groups in total. The number of aliphatic hydroxyl groups is 1. The summed E-state index contributed by atoms with van der Waals surface area (Å²) in [6, 6.07) is 15.3. The Bertz CT molecular complexity index is 1130. The average molecular weight is 500 g/mol. The number of hydrogen-bond donors (Lipinski definition) is 3. The van der Waals surface area contributed by atoms with Crippen molar-refractivity contribution in [1.82, 2.24) is 4.90 Å². The molecule has 0 radical (unpaired) electrons. The maximum Gasteiger partial charge on any atom is 0.248 e. The zero-order valence-corrected chi connectivity index (χ0v) is 20.2. The second-order valence-corrected chi connectivity index (χ2v) is 11.1. The third-order valence-electron chi connectivity index (χ3n) is 7.31. The van der Waals surface area contributed by atoms with Crippen LogP contribution in [0.5, 0.6) is 0 Å². The highest BCUT2D eigenvalue weighted by atomic mass is 35.5. The molecule has 3 amide bonds. The lowest BCUT2D eigenvalue weighted by atomic mass is 9.66. The Balaban J connectivity index is 1.50. The lowest BCUT2D eigenvalue weighted by molar-refractivity contribution is -0.138. The number of carbonyl (C=O) groups is 3. The number of thioether (sulfide) groups is 1. The van der Waals surface area contributed by atoms with Crippen molar-refractivity contribution in [3.05, 3.63) is 59.6 Å². The van der Waals surface area contributed by atoms with E-state index < -0.39 is 22.6 Å². The SMILES string of the molecule is CC1C[C@H]2SC13C(C(=O)Nc1ccccc1Cl)N(CCO)C(=O)[C@@H]3[C@H]2C(=O)Nc1ccccc1. The van der Waals surface area contributed by atoms with Gasteiger partial charge in [0, 0.05) is 17.5 Å². The van der Waals surface area contributed by atoms with Gasteiger partial charge in [-0.25, -0.2) is 0 Å². The van der Waals surface area contributed by atoms with E-state index >= 15 is 0 Å². The first-order valence-corrected chi connectivity index (χ1v) is 12.6. The summed E-state index contributed by atoms with van der Waals surface area (Å²) < 4.78 is -0.749. The molecule has 1 spiro atoms. The van der Waals surface area contributed by atoms with Crippen LogP contribution in [0.15, 0.2) is 54.6 Å². The topological polar surface area (TPSA) is 98.7 Å². The molecule has 2 aromatic rings. The quantitative estimate of drug-likeness (QED) is 0.566. The summed E-state index contributed by atoms with van der Waals surface area (Å²) in [5.74, 6) is -1.93. The summed E-state index contributed by atoms with van der Waals surface area (Å²) in [4.78, 5) is 42.3. The van der Waals surface area contributed by atoms with Crippen LogP contribution in [0.4, 0.5) is 11.4 Å². The van der Waals surface area contributed by atoms with E-state index in [2.05, 4.69) is 17.6 Å². The minimum absolute atomic E-state index is 0.0304. The van der Waals surface area contributed by atoms with Crippen LogP contribution >= 0.6 is 23.4 Å². The van der Waals surface area contributed by atoms with Gasteiger partial charge in [0.25, 0.3) is 0 Å². The van der Waals surface area contributed by atoms with Gasteiger partial charge in [-0.1, -0.05) is 48.9 Å². The number of fused-ring (bicyclic) bond motifs is 1. The minimum Gasteiger partial charge on any atom is -0.395 e. The van der Waals surface area contributed by atoms with Crippen molar-refractivity contribution in [3.63, 3.8) is 0 Å². The number of nitrogens with zero attached hydrogens (tertiary/aromatic N) is 1. The van der Waals surface area contributed by atoms with Gasteiger partial charge in [0.05, 0.1) is 33.9 Å². The van der Waals surface area contributed by atoms with E-state index in [0.29, 0.717) is 16.4 Å². The summed E-state index contributed by atoms with van der Waals surface area (Å²) in [6.07, 6.45) is 0.740. The first-order valence-electron chi connectivity index (χ1n) is 11.4. The minimum atomic E-state index is -0.812. The van der Waals surface area contributed by atoms with Crippen molar-refractivity contribution >= 4 is 52.5 Å². The van der Waals surface area contributed by atoms with E-state index in [1.807, 2.05) is 30.3 Å². The van der Waals surface area contributed by atoms with Crippen LogP contribution in [0.1, 0.15) is 13.3 Å². The van der Waals surface area contributed by atoms with Crippen LogP contribution in [-0.2, 0) is 14.4 Å². The molecule has 3 aliphatic rings. The van der Waals surface area contributed by atoms with Crippen molar-refractivity contribution in [1.29, 1.82) is 0 Å². The third kappa shape index (κ3) is 3.51. The molecule has 2 aromatic carbocycles. The second kappa shape index (κ2) is 8.91. The smallest absolute Gasteiger partial charge is 0.248 e. The first-order chi connectivity index (χ1) is 16.4. The van der Waals surface area contributed by atoms with Crippen LogP contribution in [0, 0.1) is 17.8 Å². The lowest BCUT2D eigenvalue weighted by Gasteiger charge is -2.38. The Morgan fingerprint density at radius 1 is 1.12 bits per heavy atom. The Hall–Kier alpha value is -2.55. The van der Waals surface area contributed by atoms with Gasteiger partial charge in [-0.2, -0.15) is 0 Å². The summed E-state index contributed by atoms with van der Waals surface area (Å²) in [6.45, 7) is 1.81. The zero-order chi connectivity index (χ0) is 24.0. The van der Waals surface area contributed by atoms with Gasteiger partial charge in [0.15, 0.2) is 0 Å². The molecule has 2 bridgehead atoms. The Morgan fingerprint density at radius 3 is 2.53 bits per heavy atom. The fourth-order valence-electron chi connectivity index (χ4n) is 5.98. The van der Waals surface area contributed by atoms with Crippen molar-refractivity contribution in [2.75, 3.05) is 23.8 Å². The van der Waals surface area contributed by atoms with Gasteiger partial charge in [-0.05, 0) is 36.6 Å². The highest BCUT2D eigenvalue weighted by Crippen LogP contribution is 2.68. The first kappa shape index (κ1) is 23.2. The standard InChI is InChI=1S/C25H26ClN3O4S/c1-14-13-18-19(22(31)27-15-7-3-2-4-8-15)20-24(33)29(11-12-30)21(25(14,20)34-18)23(32)28-17-10-6-5-9-16(17)26/h2-10,14,18-21,30H,11-13H2,1H3,(H,27,31)(H,28,32)/t14?,18-,19+,20+,21?,25?/m1/s1. The second-order valence-electron chi connectivity index (χ2n) is 9.13. The lowest BCUT2D eigenvalue weighted by Crippen LogP contribution is -2.55. The van der Waals surface area contributed by atoms with E-state index in [0.717, 1.165) is 6.42 Å². The monoisotopic (exact) mass is 499 g/mol. The van der Waals surface area contributed by atoms with Crippen LogP contribution in [0.25, 0.3) is 0 Å². The Labute approximate surface area is 207 Å². The molecule has 3 aliphatic heterocycles. The number of rotatable bonds is 6. The molecule has 34 heavy (non-hydrogen) atoms. The number of para-hydroxylation sites is 2. The molecular weight excluding hydrogens is 474 g/mol. The molecule has 0 saturated carbocycles. The molecule has 3 unspecified atom stereocenters. The number of β-amino-alcohol motifs (C(OH)–C–C–N with tert-alkyl or cyclic N) is 1. The van der Waals surface area contributed by atoms with Crippen molar-refractivity contribution in [2.24, 2.45) is 17.8 Å². The molecular formula is C25H26ClN3O4S. The third-order valence-corrected chi connectivity index (χ3v) is 9.72. The molecule has 3 fully saturated rings. The summed E-state index contributed by atoms with van der Waals surface area (Å²) >= 11 is 7.86. The largest absolute Gasteiger partial charge is 0.395 e. The van der Waals surface area contributed by atoms with Gasteiger partial charge in [-0.3, -0.25) is 14.4 Å². The molecule has 6 atom stereocenters. The number of benzene rings is 2. The molecule has 178 valence electrons. The van der Waals surface area contributed by atoms with E-state index in [9.17, 15) is 19.5 Å². The van der Waals surface area contributed by atoms with E-state index in [-0.39, 0.29) is 42.0 Å². The van der Waals surface area contributed by atoms with Crippen LogP contribution in [0.2, 0.25) is 5.02 Å². The van der Waals surface area contributed by atoms with Gasteiger partial charge in [-0.15, -0.1) is 11.8 Å². The number of hydrogen-bond acceptors (Lipinski definition) is 5.